The quantitative estimate of drug-likeness (QED) is 0.253. The van der Waals surface area contributed by atoms with Gasteiger partial charge in [-0.05, 0) is 43.3 Å². The van der Waals surface area contributed by atoms with Crippen LogP contribution in [0.25, 0.3) is 16.6 Å². The predicted molar refractivity (Wildman–Crippen MR) is 123 cm³/mol. The molecular formula is C23H18ClN5OS. The number of para-hydroxylation sites is 1. The van der Waals surface area contributed by atoms with Crippen molar-refractivity contribution >= 4 is 39.9 Å². The fraction of sp³-hybridized carbons (Fsp3) is 0.130. The number of thioether (sulfide) groups is 1. The highest BCUT2D eigenvalue weighted by Gasteiger charge is 2.14. The average Bonchev–Trinajstić information content (AvgIpc) is 3.19. The van der Waals surface area contributed by atoms with Crippen LogP contribution in [0, 0.1) is 6.92 Å². The Morgan fingerprint density at radius 1 is 1.06 bits per heavy atom. The maximum absolute atomic E-state index is 6.27. The molecule has 31 heavy (non-hydrogen) atoms. The lowest BCUT2D eigenvalue weighted by atomic mass is 10.2. The Bertz CT molecular complexity index is 1370. The van der Waals surface area contributed by atoms with Crippen molar-refractivity contribution in [2.24, 2.45) is 0 Å². The summed E-state index contributed by atoms with van der Waals surface area (Å²) >= 11 is 7.85. The molecule has 6 nitrogen and oxygen atoms in total. The summed E-state index contributed by atoms with van der Waals surface area (Å²) in [6.45, 7) is 2.32. The summed E-state index contributed by atoms with van der Waals surface area (Å²) in [4.78, 5) is 13.6. The molecule has 0 amide bonds. The predicted octanol–water partition coefficient (Wildman–Crippen LogP) is 5.51. The van der Waals surface area contributed by atoms with Gasteiger partial charge in [0.15, 0.2) is 10.8 Å². The molecule has 5 rings (SSSR count). The first-order valence-corrected chi connectivity index (χ1v) is 11.1. The third-order valence-electron chi connectivity index (χ3n) is 4.75. The van der Waals surface area contributed by atoms with Crippen molar-refractivity contribution in [2.45, 2.75) is 24.4 Å². The summed E-state index contributed by atoms with van der Waals surface area (Å²) in [5.41, 5.74) is 3.70. The second kappa shape index (κ2) is 8.53. The van der Waals surface area contributed by atoms with E-state index < -0.39 is 0 Å². The standard InChI is InChI=1S/C23H18ClN5OS/c1-15-26-22-19-6-2-3-7-20(19)27-23(29(22)28-15)31-14-17-11-18(24)8-9-21(17)30-13-16-5-4-10-25-12-16/h2-12H,13-14H2,1H3. The molecule has 0 atom stereocenters. The van der Waals surface area contributed by atoms with Crippen molar-refractivity contribution in [3.05, 3.63) is 89.0 Å². The number of hydrogen-bond acceptors (Lipinski definition) is 6. The maximum Gasteiger partial charge on any atom is 0.191 e. The van der Waals surface area contributed by atoms with Gasteiger partial charge in [-0.2, -0.15) is 4.52 Å². The highest BCUT2D eigenvalue weighted by atomic mass is 35.5. The minimum absolute atomic E-state index is 0.438. The smallest absolute Gasteiger partial charge is 0.191 e. The van der Waals surface area contributed by atoms with Crippen LogP contribution in [-0.2, 0) is 12.4 Å². The van der Waals surface area contributed by atoms with Gasteiger partial charge in [0.05, 0.1) is 5.52 Å². The SMILES string of the molecule is Cc1nc2c3ccccc3nc(SCc3cc(Cl)ccc3OCc3cccnc3)n2n1. The molecule has 5 aromatic rings. The molecule has 0 N–H and O–H groups in total. The van der Waals surface area contributed by atoms with Gasteiger partial charge >= 0.3 is 0 Å². The minimum atomic E-state index is 0.438. The molecule has 3 aromatic heterocycles. The van der Waals surface area contributed by atoms with Crippen LogP contribution in [-0.4, -0.2) is 24.6 Å². The van der Waals surface area contributed by atoms with Crippen molar-refractivity contribution in [3.63, 3.8) is 0 Å². The van der Waals surface area contributed by atoms with Gasteiger partial charge < -0.3 is 4.74 Å². The molecule has 0 aliphatic heterocycles. The van der Waals surface area contributed by atoms with Crippen molar-refractivity contribution in [2.75, 3.05) is 0 Å². The monoisotopic (exact) mass is 447 g/mol. The summed E-state index contributed by atoms with van der Waals surface area (Å²) in [6, 6.07) is 17.5. The van der Waals surface area contributed by atoms with Gasteiger partial charge in [0, 0.05) is 39.7 Å². The van der Waals surface area contributed by atoms with E-state index in [0.29, 0.717) is 23.2 Å². The molecule has 0 saturated heterocycles. The maximum atomic E-state index is 6.27. The van der Waals surface area contributed by atoms with E-state index in [1.165, 1.54) is 0 Å². The summed E-state index contributed by atoms with van der Waals surface area (Å²) in [7, 11) is 0. The normalized spacial score (nSPS) is 11.3. The molecule has 0 aliphatic rings. The Labute approximate surface area is 188 Å². The fourth-order valence-corrected chi connectivity index (χ4v) is 4.43. The van der Waals surface area contributed by atoms with Crippen molar-refractivity contribution in [1.82, 2.24) is 24.6 Å². The molecule has 0 spiro atoms. The van der Waals surface area contributed by atoms with Gasteiger partial charge in [0.2, 0.25) is 0 Å². The molecule has 0 fully saturated rings. The topological polar surface area (TPSA) is 65.2 Å². The number of ether oxygens (including phenoxy) is 1. The molecule has 0 unspecified atom stereocenters. The second-order valence-electron chi connectivity index (χ2n) is 7.00. The Morgan fingerprint density at radius 2 is 1.97 bits per heavy atom. The van der Waals surface area contributed by atoms with Crippen molar-refractivity contribution in [3.8, 4) is 5.75 Å². The van der Waals surface area contributed by atoms with Crippen LogP contribution in [0.1, 0.15) is 17.0 Å². The summed E-state index contributed by atoms with van der Waals surface area (Å²) in [6.07, 6.45) is 3.55. The lowest BCUT2D eigenvalue weighted by molar-refractivity contribution is 0.303. The number of rotatable bonds is 6. The van der Waals surface area contributed by atoms with E-state index in [4.69, 9.17) is 21.3 Å². The zero-order chi connectivity index (χ0) is 21.2. The summed E-state index contributed by atoms with van der Waals surface area (Å²) in [5.74, 6) is 2.12. The molecular weight excluding hydrogens is 430 g/mol. The number of pyridine rings is 1. The van der Waals surface area contributed by atoms with Crippen LogP contribution in [0.3, 0.4) is 0 Å². The van der Waals surface area contributed by atoms with E-state index in [0.717, 1.165) is 38.6 Å². The Balaban J connectivity index is 1.44. The zero-order valence-electron chi connectivity index (χ0n) is 16.7. The number of hydrogen-bond donors (Lipinski definition) is 0. The number of benzene rings is 2. The van der Waals surface area contributed by atoms with E-state index >= 15 is 0 Å². The van der Waals surface area contributed by atoms with E-state index in [9.17, 15) is 0 Å². The first-order valence-electron chi connectivity index (χ1n) is 9.72. The minimum Gasteiger partial charge on any atom is -0.489 e. The first-order chi connectivity index (χ1) is 15.2. The van der Waals surface area contributed by atoms with Gasteiger partial charge in [0.25, 0.3) is 0 Å². The van der Waals surface area contributed by atoms with Gasteiger partial charge in [-0.25, -0.2) is 9.97 Å². The van der Waals surface area contributed by atoms with Crippen LogP contribution in [0.15, 0.2) is 72.1 Å². The van der Waals surface area contributed by atoms with Gasteiger partial charge in [0.1, 0.15) is 18.2 Å². The molecule has 3 heterocycles. The summed E-state index contributed by atoms with van der Waals surface area (Å²) < 4.78 is 7.87. The third kappa shape index (κ3) is 4.19. The Hall–Kier alpha value is -3.16. The van der Waals surface area contributed by atoms with Gasteiger partial charge in [-0.15, -0.1) is 5.10 Å². The van der Waals surface area contributed by atoms with E-state index in [2.05, 4.69) is 15.1 Å². The van der Waals surface area contributed by atoms with Crippen LogP contribution < -0.4 is 4.74 Å². The first kappa shape index (κ1) is 19.8. The van der Waals surface area contributed by atoms with Crippen LogP contribution in [0.4, 0.5) is 0 Å². The van der Waals surface area contributed by atoms with Crippen LogP contribution in [0.2, 0.25) is 5.02 Å². The lowest BCUT2D eigenvalue weighted by Gasteiger charge is -2.12. The number of nitrogens with zero attached hydrogens (tertiary/aromatic N) is 5. The summed E-state index contributed by atoms with van der Waals surface area (Å²) in [5, 5.41) is 6.97. The third-order valence-corrected chi connectivity index (χ3v) is 5.96. The fourth-order valence-electron chi connectivity index (χ4n) is 3.32. The van der Waals surface area contributed by atoms with Gasteiger partial charge in [-0.3, -0.25) is 4.98 Å². The van der Waals surface area contributed by atoms with Crippen LogP contribution in [0.5, 0.6) is 5.75 Å². The molecule has 0 aliphatic carbocycles. The van der Waals surface area contributed by atoms with Gasteiger partial charge in [-0.1, -0.05) is 41.6 Å². The molecule has 0 saturated carbocycles. The van der Waals surface area contributed by atoms with E-state index in [1.807, 2.05) is 66.0 Å². The highest BCUT2D eigenvalue weighted by molar-refractivity contribution is 7.98. The van der Waals surface area contributed by atoms with E-state index in [-0.39, 0.29) is 0 Å². The number of halogens is 1. The van der Waals surface area contributed by atoms with E-state index in [1.54, 1.807) is 24.2 Å². The largest absolute Gasteiger partial charge is 0.489 e. The molecule has 0 radical (unpaired) electrons. The lowest BCUT2D eigenvalue weighted by Crippen LogP contribution is -2.01. The van der Waals surface area contributed by atoms with Crippen molar-refractivity contribution in [1.29, 1.82) is 0 Å². The molecule has 2 aromatic carbocycles. The Morgan fingerprint density at radius 3 is 2.84 bits per heavy atom. The number of aromatic nitrogens is 5. The van der Waals surface area contributed by atoms with Crippen molar-refractivity contribution < 1.29 is 4.74 Å². The second-order valence-corrected chi connectivity index (χ2v) is 8.38. The molecule has 0 bridgehead atoms. The molecule has 8 heteroatoms. The highest BCUT2D eigenvalue weighted by Crippen LogP contribution is 2.31. The average molecular weight is 448 g/mol. The number of fused-ring (bicyclic) bond motifs is 3. The van der Waals surface area contributed by atoms with Crippen LogP contribution >= 0.6 is 23.4 Å². The number of aryl methyl sites for hydroxylation is 1. The zero-order valence-corrected chi connectivity index (χ0v) is 18.3. The Kier molecular flexibility index (Phi) is 5.44. The molecule has 154 valence electrons.